The molecule has 1 heterocycles. The molecule has 1 saturated heterocycles. The molecule has 1 aliphatic heterocycles. The summed E-state index contributed by atoms with van der Waals surface area (Å²) in [7, 11) is 0. The maximum absolute atomic E-state index is 10.5. The Hall–Kier alpha value is -0.250. The van der Waals surface area contributed by atoms with Crippen LogP contribution in [0.4, 0.5) is 0 Å². The Balaban J connectivity index is 2.30. The lowest BCUT2D eigenvalue weighted by Crippen LogP contribution is -2.22. The van der Waals surface area contributed by atoms with E-state index in [0.717, 1.165) is 19.5 Å². The van der Waals surface area contributed by atoms with Crippen LogP contribution in [0.1, 0.15) is 12.8 Å². The van der Waals surface area contributed by atoms with Gasteiger partial charge < -0.3 is 5.11 Å². The third-order valence-electron chi connectivity index (χ3n) is 2.33. The van der Waals surface area contributed by atoms with Gasteiger partial charge in [-0.25, -0.2) is 0 Å². The van der Waals surface area contributed by atoms with Gasteiger partial charge in [-0.3, -0.25) is 9.69 Å². The van der Waals surface area contributed by atoms with Gasteiger partial charge in [-0.15, -0.1) is 0 Å². The first kappa shape index (κ1) is 11.8. The van der Waals surface area contributed by atoms with Gasteiger partial charge in [-0.2, -0.15) is 0 Å². The van der Waals surface area contributed by atoms with E-state index in [9.17, 15) is 4.79 Å². The van der Waals surface area contributed by atoms with Crippen LogP contribution in [-0.4, -0.2) is 35.6 Å². The average molecular weight is 238 g/mol. The topological polar surface area (TPSA) is 40.5 Å². The van der Waals surface area contributed by atoms with Crippen LogP contribution in [0.3, 0.4) is 0 Å². The molecule has 3 nitrogen and oxygen atoms in total. The maximum atomic E-state index is 10.5. The summed E-state index contributed by atoms with van der Waals surface area (Å²) in [6, 6.07) is 0. The molecule has 1 rings (SSSR count). The fraction of sp³-hybridized carbons (Fsp3) is 0.667. The van der Waals surface area contributed by atoms with Crippen molar-refractivity contribution in [3.8, 4) is 0 Å². The Morgan fingerprint density at radius 3 is 2.93 bits per heavy atom. The highest BCUT2D eigenvalue weighted by molar-refractivity contribution is 6.36. The highest BCUT2D eigenvalue weighted by atomic mass is 35.5. The fourth-order valence-corrected chi connectivity index (χ4v) is 1.96. The van der Waals surface area contributed by atoms with Gasteiger partial charge in [0.05, 0.1) is 0 Å². The molecule has 0 spiro atoms. The van der Waals surface area contributed by atoms with E-state index in [-0.39, 0.29) is 12.3 Å². The Kier molecular flexibility index (Phi) is 4.72. The summed E-state index contributed by atoms with van der Waals surface area (Å²) in [6.45, 7) is 2.33. The lowest BCUT2D eigenvalue weighted by Gasteiger charge is -2.14. The molecule has 14 heavy (non-hydrogen) atoms. The molecule has 1 unspecified atom stereocenters. The van der Waals surface area contributed by atoms with Crippen molar-refractivity contribution in [1.29, 1.82) is 0 Å². The van der Waals surface area contributed by atoms with Crippen molar-refractivity contribution in [2.24, 2.45) is 5.92 Å². The molecule has 0 aliphatic carbocycles. The molecular formula is C9H13Cl2NO2. The summed E-state index contributed by atoms with van der Waals surface area (Å²) >= 11 is 11.2. The molecule has 1 fully saturated rings. The average Bonchev–Trinajstić information content (AvgIpc) is 2.51. The van der Waals surface area contributed by atoms with E-state index in [1.165, 1.54) is 5.54 Å². The van der Waals surface area contributed by atoms with Crippen LogP contribution in [0.25, 0.3) is 0 Å². The standard InChI is InChI=1S/C9H13Cl2NO2/c10-4-8(11)6-12-2-1-7(5-12)3-9(13)14/h4,7H,1-3,5-6H2,(H,13,14). The minimum absolute atomic E-state index is 0.249. The van der Waals surface area contributed by atoms with Crippen LogP contribution in [-0.2, 0) is 4.79 Å². The van der Waals surface area contributed by atoms with Crippen molar-refractivity contribution >= 4 is 29.2 Å². The summed E-state index contributed by atoms with van der Waals surface area (Å²) in [5, 5.41) is 9.21. The van der Waals surface area contributed by atoms with E-state index in [1.807, 2.05) is 0 Å². The third-order valence-corrected chi connectivity index (χ3v) is 2.93. The van der Waals surface area contributed by atoms with Crippen molar-refractivity contribution in [3.63, 3.8) is 0 Å². The van der Waals surface area contributed by atoms with E-state index < -0.39 is 5.97 Å². The fourth-order valence-electron chi connectivity index (χ4n) is 1.72. The molecule has 1 aliphatic rings. The monoisotopic (exact) mass is 237 g/mol. The number of hydrogen-bond donors (Lipinski definition) is 1. The highest BCUT2D eigenvalue weighted by Gasteiger charge is 2.24. The minimum atomic E-state index is -0.726. The molecular weight excluding hydrogens is 225 g/mol. The maximum Gasteiger partial charge on any atom is 0.303 e. The minimum Gasteiger partial charge on any atom is -0.481 e. The van der Waals surface area contributed by atoms with Crippen molar-refractivity contribution in [3.05, 3.63) is 10.6 Å². The van der Waals surface area contributed by atoms with E-state index in [1.54, 1.807) is 0 Å². The number of halogens is 2. The number of rotatable bonds is 4. The van der Waals surface area contributed by atoms with Crippen LogP contribution in [0.15, 0.2) is 10.6 Å². The SMILES string of the molecule is O=C(O)CC1CCN(CC(Cl)=CCl)C1. The zero-order valence-corrected chi connectivity index (χ0v) is 9.26. The molecule has 0 radical (unpaired) electrons. The van der Waals surface area contributed by atoms with Gasteiger partial charge in [-0.05, 0) is 18.9 Å². The van der Waals surface area contributed by atoms with Crippen molar-refractivity contribution in [2.75, 3.05) is 19.6 Å². The Morgan fingerprint density at radius 1 is 1.64 bits per heavy atom. The predicted octanol–water partition coefficient (Wildman–Crippen LogP) is 2.10. The summed E-state index contributed by atoms with van der Waals surface area (Å²) < 4.78 is 0. The second-order valence-corrected chi connectivity index (χ2v) is 4.25. The Labute approximate surface area is 93.3 Å². The summed E-state index contributed by atoms with van der Waals surface area (Å²) in [5.41, 5.74) is 1.35. The van der Waals surface area contributed by atoms with E-state index in [2.05, 4.69) is 4.90 Å². The summed E-state index contributed by atoms with van der Waals surface area (Å²) in [6.07, 6.45) is 1.18. The number of carboxylic acid groups (broad SMARTS) is 1. The lowest BCUT2D eigenvalue weighted by atomic mass is 10.1. The van der Waals surface area contributed by atoms with Crippen molar-refractivity contribution < 1.29 is 9.90 Å². The Morgan fingerprint density at radius 2 is 2.36 bits per heavy atom. The highest BCUT2D eigenvalue weighted by Crippen LogP contribution is 2.21. The van der Waals surface area contributed by atoms with Crippen molar-refractivity contribution in [2.45, 2.75) is 12.8 Å². The molecule has 5 heteroatoms. The quantitative estimate of drug-likeness (QED) is 0.815. The largest absolute Gasteiger partial charge is 0.481 e. The number of likely N-dealkylation sites (tertiary alicyclic amines) is 1. The van der Waals surface area contributed by atoms with Crippen LogP contribution >= 0.6 is 23.2 Å². The zero-order valence-electron chi connectivity index (χ0n) is 7.75. The van der Waals surface area contributed by atoms with Gasteiger partial charge in [0.2, 0.25) is 0 Å². The summed E-state index contributed by atoms with van der Waals surface area (Å²) in [4.78, 5) is 12.6. The van der Waals surface area contributed by atoms with Gasteiger partial charge in [0, 0.05) is 30.1 Å². The predicted molar refractivity (Wildman–Crippen MR) is 56.6 cm³/mol. The molecule has 0 aromatic heterocycles. The van der Waals surface area contributed by atoms with Crippen LogP contribution in [0.5, 0.6) is 0 Å². The third kappa shape index (κ3) is 3.86. The van der Waals surface area contributed by atoms with Gasteiger partial charge >= 0.3 is 5.97 Å². The van der Waals surface area contributed by atoms with E-state index in [0.29, 0.717) is 11.6 Å². The van der Waals surface area contributed by atoms with Crippen LogP contribution in [0.2, 0.25) is 0 Å². The first-order chi connectivity index (χ1) is 6.61. The first-order valence-corrected chi connectivity index (χ1v) is 5.32. The van der Waals surface area contributed by atoms with Crippen molar-refractivity contribution in [1.82, 2.24) is 4.90 Å². The zero-order chi connectivity index (χ0) is 10.6. The van der Waals surface area contributed by atoms with Gasteiger partial charge in [0.1, 0.15) is 0 Å². The molecule has 0 aromatic rings. The first-order valence-electron chi connectivity index (χ1n) is 4.50. The number of carboxylic acids is 1. The molecule has 0 bridgehead atoms. The number of nitrogens with zero attached hydrogens (tertiary/aromatic N) is 1. The van der Waals surface area contributed by atoms with Gasteiger partial charge in [0.15, 0.2) is 0 Å². The molecule has 0 aromatic carbocycles. The number of hydrogen-bond acceptors (Lipinski definition) is 2. The Bertz CT molecular complexity index is 243. The lowest BCUT2D eigenvalue weighted by molar-refractivity contribution is -0.138. The second kappa shape index (κ2) is 5.59. The number of carbonyl (C=O) groups is 1. The number of aliphatic carboxylic acids is 1. The molecule has 80 valence electrons. The summed E-state index contributed by atoms with van der Waals surface area (Å²) in [5.74, 6) is -0.469. The smallest absolute Gasteiger partial charge is 0.303 e. The van der Waals surface area contributed by atoms with E-state index in [4.69, 9.17) is 28.3 Å². The van der Waals surface area contributed by atoms with Crippen LogP contribution in [0, 0.1) is 5.92 Å². The second-order valence-electron chi connectivity index (χ2n) is 3.54. The molecule has 0 saturated carbocycles. The normalized spacial score (nSPS) is 24.1. The molecule has 1 N–H and O–H groups in total. The van der Waals surface area contributed by atoms with E-state index >= 15 is 0 Å². The molecule has 0 amide bonds. The molecule has 1 atom stereocenters. The van der Waals surface area contributed by atoms with Crippen LogP contribution < -0.4 is 0 Å². The van der Waals surface area contributed by atoms with Gasteiger partial charge in [0.25, 0.3) is 0 Å². The van der Waals surface area contributed by atoms with Gasteiger partial charge in [-0.1, -0.05) is 23.2 Å².